The van der Waals surface area contributed by atoms with Crippen molar-refractivity contribution in [1.29, 1.82) is 0 Å². The average Bonchev–Trinajstić information content (AvgIpc) is 2.96. The van der Waals surface area contributed by atoms with Crippen LogP contribution in [0.1, 0.15) is 5.56 Å². The molecule has 0 aliphatic rings. The summed E-state index contributed by atoms with van der Waals surface area (Å²) in [5.74, 6) is 0. The largest absolute Gasteiger partial charge is 0.278 e. The van der Waals surface area contributed by atoms with E-state index in [1.807, 2.05) is 36.4 Å². The van der Waals surface area contributed by atoms with Crippen LogP contribution in [0.4, 0.5) is 5.69 Å². The number of sulfonamides is 1. The Balaban J connectivity index is 1.86. The van der Waals surface area contributed by atoms with E-state index in [0.717, 1.165) is 16.4 Å². The van der Waals surface area contributed by atoms with Crippen molar-refractivity contribution in [1.82, 2.24) is 10.2 Å². The van der Waals surface area contributed by atoms with Crippen LogP contribution >= 0.6 is 0 Å². The summed E-state index contributed by atoms with van der Waals surface area (Å²) in [5.41, 5.74) is 1.96. The van der Waals surface area contributed by atoms with Gasteiger partial charge in [0.2, 0.25) is 0 Å². The predicted octanol–water partition coefficient (Wildman–Crippen LogP) is 2.98. The van der Waals surface area contributed by atoms with E-state index in [-0.39, 0.29) is 0 Å². The number of aromatic nitrogens is 2. The van der Waals surface area contributed by atoms with Crippen molar-refractivity contribution in [3.63, 3.8) is 0 Å². The van der Waals surface area contributed by atoms with Crippen LogP contribution in [0.15, 0.2) is 60.1 Å². The molecule has 106 valence electrons. The second-order valence-corrected chi connectivity index (χ2v) is 6.07. The lowest BCUT2D eigenvalue weighted by molar-refractivity contribution is 0.609. The average molecular weight is 299 g/mol. The topological polar surface area (TPSA) is 74.8 Å². The Kier molecular flexibility index (Phi) is 3.45. The number of hydrogen-bond donors (Lipinski definition) is 2. The number of anilines is 1. The van der Waals surface area contributed by atoms with Crippen LogP contribution in [0.25, 0.3) is 17.0 Å². The molecule has 3 aromatic rings. The van der Waals surface area contributed by atoms with Gasteiger partial charge in [0.15, 0.2) is 0 Å². The minimum atomic E-state index is -3.58. The third-order valence-corrected chi connectivity index (χ3v) is 3.97. The quantitative estimate of drug-likeness (QED) is 0.777. The first-order valence-corrected chi connectivity index (χ1v) is 7.87. The molecule has 0 unspecified atom stereocenters. The SMILES string of the molecule is O=S(=O)(/C=C/c1ccccc1)Nc1cccc2cn[nH]c12. The van der Waals surface area contributed by atoms with Gasteiger partial charge in [0.05, 0.1) is 22.8 Å². The summed E-state index contributed by atoms with van der Waals surface area (Å²) in [6, 6.07) is 14.6. The molecule has 1 heterocycles. The van der Waals surface area contributed by atoms with Gasteiger partial charge in [-0.05, 0) is 17.7 Å². The van der Waals surface area contributed by atoms with Crippen LogP contribution in [-0.4, -0.2) is 18.6 Å². The summed E-state index contributed by atoms with van der Waals surface area (Å²) < 4.78 is 26.7. The molecule has 0 spiro atoms. The lowest BCUT2D eigenvalue weighted by Crippen LogP contribution is -2.09. The van der Waals surface area contributed by atoms with Crippen molar-refractivity contribution in [3.05, 3.63) is 65.7 Å². The molecule has 0 aliphatic heterocycles. The van der Waals surface area contributed by atoms with Gasteiger partial charge >= 0.3 is 0 Å². The van der Waals surface area contributed by atoms with Gasteiger partial charge in [-0.15, -0.1) is 0 Å². The fourth-order valence-corrected chi connectivity index (χ4v) is 2.85. The highest BCUT2D eigenvalue weighted by Crippen LogP contribution is 2.21. The number of nitrogens with one attached hydrogen (secondary N) is 2. The van der Waals surface area contributed by atoms with E-state index in [0.29, 0.717) is 11.2 Å². The fourth-order valence-electron chi connectivity index (χ4n) is 1.97. The van der Waals surface area contributed by atoms with Crippen LogP contribution in [0.3, 0.4) is 0 Å². The second kappa shape index (κ2) is 5.41. The van der Waals surface area contributed by atoms with E-state index in [4.69, 9.17) is 0 Å². The maximum Gasteiger partial charge on any atom is 0.255 e. The summed E-state index contributed by atoms with van der Waals surface area (Å²) in [6.07, 6.45) is 3.20. The molecule has 0 aliphatic carbocycles. The molecule has 3 rings (SSSR count). The van der Waals surface area contributed by atoms with E-state index < -0.39 is 10.0 Å². The Morgan fingerprint density at radius 2 is 1.86 bits per heavy atom. The highest BCUT2D eigenvalue weighted by Gasteiger charge is 2.09. The van der Waals surface area contributed by atoms with Gasteiger partial charge in [-0.3, -0.25) is 9.82 Å². The lowest BCUT2D eigenvalue weighted by Gasteiger charge is -2.05. The molecule has 0 bridgehead atoms. The number of hydrogen-bond acceptors (Lipinski definition) is 3. The van der Waals surface area contributed by atoms with Crippen molar-refractivity contribution < 1.29 is 8.42 Å². The van der Waals surface area contributed by atoms with Crippen LogP contribution < -0.4 is 4.72 Å². The van der Waals surface area contributed by atoms with E-state index in [2.05, 4.69) is 14.9 Å². The van der Waals surface area contributed by atoms with Crippen molar-refractivity contribution in [3.8, 4) is 0 Å². The van der Waals surface area contributed by atoms with Gasteiger partial charge in [0.1, 0.15) is 0 Å². The van der Waals surface area contributed by atoms with Crippen LogP contribution in [0.5, 0.6) is 0 Å². The number of aromatic amines is 1. The first-order chi connectivity index (χ1) is 10.1. The summed E-state index contributed by atoms with van der Waals surface area (Å²) in [6.45, 7) is 0. The minimum Gasteiger partial charge on any atom is -0.278 e. The van der Waals surface area contributed by atoms with Crippen LogP contribution in [-0.2, 0) is 10.0 Å². The Bertz CT molecular complexity index is 883. The first-order valence-electron chi connectivity index (χ1n) is 6.32. The molecule has 0 fully saturated rings. The van der Waals surface area contributed by atoms with Gasteiger partial charge in [0, 0.05) is 5.39 Å². The van der Waals surface area contributed by atoms with Crippen molar-refractivity contribution in [2.45, 2.75) is 0 Å². The normalized spacial score (nSPS) is 12.0. The molecule has 5 nitrogen and oxygen atoms in total. The maximum atomic E-state index is 12.1. The second-order valence-electron chi connectivity index (χ2n) is 4.50. The predicted molar refractivity (Wildman–Crippen MR) is 84.1 cm³/mol. The number of nitrogens with zero attached hydrogens (tertiary/aromatic N) is 1. The molecule has 0 saturated heterocycles. The van der Waals surface area contributed by atoms with Crippen LogP contribution in [0.2, 0.25) is 0 Å². The number of H-pyrrole nitrogens is 1. The molecule has 0 radical (unpaired) electrons. The third-order valence-electron chi connectivity index (χ3n) is 2.97. The van der Waals surface area contributed by atoms with Crippen molar-refractivity contribution >= 4 is 32.7 Å². The smallest absolute Gasteiger partial charge is 0.255 e. The Morgan fingerprint density at radius 3 is 2.67 bits per heavy atom. The standard InChI is InChI=1S/C15H13N3O2S/c19-21(20,10-9-12-5-2-1-3-6-12)18-14-8-4-7-13-11-16-17-15(13)14/h1-11,18H,(H,16,17)/b10-9+. The molecule has 2 N–H and O–H groups in total. The summed E-state index contributed by atoms with van der Waals surface area (Å²) in [7, 11) is -3.58. The fraction of sp³-hybridized carbons (Fsp3) is 0. The Morgan fingerprint density at radius 1 is 1.05 bits per heavy atom. The maximum absolute atomic E-state index is 12.1. The van der Waals surface area contributed by atoms with Gasteiger partial charge in [0.25, 0.3) is 10.0 Å². The third kappa shape index (κ3) is 3.11. The molecule has 6 heteroatoms. The molecule has 0 amide bonds. The molecule has 1 aromatic heterocycles. The lowest BCUT2D eigenvalue weighted by atomic mass is 10.2. The van der Waals surface area contributed by atoms with E-state index in [1.54, 1.807) is 24.4 Å². The molecule has 21 heavy (non-hydrogen) atoms. The zero-order valence-electron chi connectivity index (χ0n) is 11.0. The number of rotatable bonds is 4. The molecular formula is C15H13N3O2S. The van der Waals surface area contributed by atoms with Crippen molar-refractivity contribution in [2.24, 2.45) is 0 Å². The summed E-state index contributed by atoms with van der Waals surface area (Å²) >= 11 is 0. The first kappa shape index (κ1) is 13.4. The van der Waals surface area contributed by atoms with Crippen molar-refractivity contribution in [2.75, 3.05) is 4.72 Å². The number of para-hydroxylation sites is 1. The van der Waals surface area contributed by atoms with Gasteiger partial charge in [-0.25, -0.2) is 8.42 Å². The van der Waals surface area contributed by atoms with E-state index in [9.17, 15) is 8.42 Å². The zero-order valence-corrected chi connectivity index (χ0v) is 11.8. The van der Waals surface area contributed by atoms with Gasteiger partial charge in [-0.1, -0.05) is 42.5 Å². The highest BCUT2D eigenvalue weighted by molar-refractivity contribution is 7.95. The van der Waals surface area contributed by atoms with Gasteiger partial charge < -0.3 is 0 Å². The summed E-state index contributed by atoms with van der Waals surface area (Å²) in [5, 5.41) is 8.69. The summed E-state index contributed by atoms with van der Waals surface area (Å²) in [4.78, 5) is 0. The number of benzene rings is 2. The molecule has 0 saturated carbocycles. The highest BCUT2D eigenvalue weighted by atomic mass is 32.2. The minimum absolute atomic E-state index is 0.475. The Labute approximate surface area is 122 Å². The van der Waals surface area contributed by atoms with E-state index in [1.165, 1.54) is 0 Å². The van der Waals surface area contributed by atoms with E-state index >= 15 is 0 Å². The number of fused-ring (bicyclic) bond motifs is 1. The van der Waals surface area contributed by atoms with Gasteiger partial charge in [-0.2, -0.15) is 5.10 Å². The monoisotopic (exact) mass is 299 g/mol. The zero-order chi connectivity index (χ0) is 14.7. The molecular weight excluding hydrogens is 286 g/mol. The Hall–Kier alpha value is -2.60. The molecule has 2 aromatic carbocycles. The van der Waals surface area contributed by atoms with Crippen LogP contribution in [0, 0.1) is 0 Å². The molecule has 0 atom stereocenters.